The van der Waals surface area contributed by atoms with Crippen LogP contribution in [0.25, 0.3) is 5.69 Å². The lowest BCUT2D eigenvalue weighted by Crippen LogP contribution is -2.40. The van der Waals surface area contributed by atoms with Crippen molar-refractivity contribution in [1.82, 2.24) is 14.8 Å². The minimum Gasteiger partial charge on any atom is -0.454 e. The van der Waals surface area contributed by atoms with Gasteiger partial charge in [-0.15, -0.1) is 5.10 Å². The van der Waals surface area contributed by atoms with Gasteiger partial charge in [-0.1, -0.05) is 29.6 Å². The van der Waals surface area contributed by atoms with E-state index >= 15 is 0 Å². The highest BCUT2D eigenvalue weighted by Gasteiger charge is 2.51. The summed E-state index contributed by atoms with van der Waals surface area (Å²) in [4.78, 5) is 38.1. The predicted molar refractivity (Wildman–Crippen MR) is 120 cm³/mol. The second kappa shape index (κ2) is 7.11. The van der Waals surface area contributed by atoms with Crippen molar-refractivity contribution in [1.29, 1.82) is 0 Å². The van der Waals surface area contributed by atoms with Gasteiger partial charge < -0.3 is 15.8 Å². The topological polar surface area (TPSA) is 132 Å². The third-order valence-corrected chi connectivity index (χ3v) is 6.57. The van der Waals surface area contributed by atoms with E-state index in [0.29, 0.717) is 5.75 Å². The molecule has 1 amide bonds. The van der Waals surface area contributed by atoms with E-state index in [-0.39, 0.29) is 33.2 Å². The molecule has 2 aromatic carbocycles. The highest BCUT2D eigenvalue weighted by Crippen LogP contribution is 2.53. The van der Waals surface area contributed by atoms with Gasteiger partial charge in [0.25, 0.3) is 5.56 Å². The molecule has 1 aliphatic carbocycles. The molecule has 5 rings (SSSR count). The van der Waals surface area contributed by atoms with E-state index in [1.165, 1.54) is 12.1 Å². The van der Waals surface area contributed by atoms with Crippen LogP contribution in [0.1, 0.15) is 30.4 Å². The number of hydrogen-bond donors (Lipinski definition) is 3. The number of hydrogen-bond acceptors (Lipinski definition) is 6. The first-order chi connectivity index (χ1) is 15.2. The molecule has 0 radical (unpaired) electrons. The van der Waals surface area contributed by atoms with E-state index in [0.717, 1.165) is 40.8 Å². The molecule has 0 unspecified atom stereocenters. The van der Waals surface area contributed by atoms with Gasteiger partial charge in [0, 0.05) is 5.69 Å². The first-order valence-corrected chi connectivity index (χ1v) is 10.6. The van der Waals surface area contributed by atoms with E-state index in [1.807, 2.05) is 19.1 Å². The van der Waals surface area contributed by atoms with Crippen LogP contribution in [-0.4, -0.2) is 20.7 Å². The summed E-state index contributed by atoms with van der Waals surface area (Å²) in [5.41, 5.74) is 6.16. The van der Waals surface area contributed by atoms with Crippen molar-refractivity contribution < 1.29 is 9.53 Å². The van der Waals surface area contributed by atoms with Crippen LogP contribution < -0.4 is 27.0 Å². The molecule has 0 atom stereocenters. The Labute approximate surface area is 191 Å². The highest BCUT2D eigenvalue weighted by molar-refractivity contribution is 6.37. The van der Waals surface area contributed by atoms with E-state index in [9.17, 15) is 14.4 Å². The molecule has 4 N–H and O–H groups in total. The number of anilines is 2. The molecule has 2 heterocycles. The number of amides is 1. The Kier molecular flexibility index (Phi) is 4.58. The van der Waals surface area contributed by atoms with Crippen LogP contribution in [0.15, 0.2) is 33.9 Å². The number of carbonyl (C=O) groups excluding carboxylic acids is 1. The Morgan fingerprint density at radius 2 is 1.81 bits per heavy atom. The van der Waals surface area contributed by atoms with Gasteiger partial charge in [-0.05, 0) is 55.2 Å². The maximum Gasteiger partial charge on any atom is 0.349 e. The Bertz CT molecular complexity index is 1400. The summed E-state index contributed by atoms with van der Waals surface area (Å²) in [7, 11) is 0. The van der Waals surface area contributed by atoms with Crippen molar-refractivity contribution in [3.8, 4) is 17.2 Å². The number of aromatic nitrogens is 3. The first-order valence-electron chi connectivity index (χ1n) is 9.82. The zero-order chi connectivity index (χ0) is 22.8. The number of carbonyl (C=O) groups is 1. The molecule has 164 valence electrons. The summed E-state index contributed by atoms with van der Waals surface area (Å²) in [6.07, 6.45) is 2.60. The molecule has 32 heavy (non-hydrogen) atoms. The van der Waals surface area contributed by atoms with Crippen molar-refractivity contribution in [2.24, 2.45) is 0 Å². The molecule has 2 aliphatic rings. The Morgan fingerprint density at radius 1 is 1.12 bits per heavy atom. The first kappa shape index (κ1) is 20.6. The van der Waals surface area contributed by atoms with Crippen LogP contribution >= 0.6 is 23.2 Å². The molecule has 0 saturated heterocycles. The van der Waals surface area contributed by atoms with Crippen LogP contribution in [-0.2, 0) is 10.2 Å². The molecule has 3 aromatic rings. The zero-order valence-corrected chi connectivity index (χ0v) is 18.3. The van der Waals surface area contributed by atoms with Crippen LogP contribution in [0.2, 0.25) is 10.0 Å². The van der Waals surface area contributed by atoms with Gasteiger partial charge in [0.1, 0.15) is 5.75 Å². The maximum absolute atomic E-state index is 12.5. The summed E-state index contributed by atoms with van der Waals surface area (Å²) in [6, 6.07) is 6.58. The van der Waals surface area contributed by atoms with Crippen molar-refractivity contribution in [3.05, 3.63) is 66.3 Å². The third-order valence-electron chi connectivity index (χ3n) is 6.01. The number of aromatic amines is 1. The number of rotatable bonds is 3. The number of halogens is 2. The summed E-state index contributed by atoms with van der Waals surface area (Å²) in [5.74, 6) is 0.352. The van der Waals surface area contributed by atoms with Crippen molar-refractivity contribution in [3.63, 3.8) is 0 Å². The van der Waals surface area contributed by atoms with Gasteiger partial charge in [-0.3, -0.25) is 14.6 Å². The molecule has 1 aromatic heterocycles. The molecular weight excluding hydrogens is 457 g/mol. The average molecular weight is 474 g/mol. The molecule has 1 aliphatic heterocycles. The van der Waals surface area contributed by atoms with Gasteiger partial charge in [0.05, 0.1) is 21.1 Å². The second-order valence-electron chi connectivity index (χ2n) is 7.95. The van der Waals surface area contributed by atoms with Crippen LogP contribution in [0, 0.1) is 6.92 Å². The second-order valence-corrected chi connectivity index (χ2v) is 8.76. The fourth-order valence-corrected chi connectivity index (χ4v) is 4.70. The number of nitrogens with zero attached hydrogens (tertiary/aromatic N) is 2. The number of benzene rings is 2. The van der Waals surface area contributed by atoms with Gasteiger partial charge >= 0.3 is 5.69 Å². The van der Waals surface area contributed by atoms with E-state index in [4.69, 9.17) is 33.7 Å². The average Bonchev–Trinajstić information content (AvgIpc) is 2.98. The summed E-state index contributed by atoms with van der Waals surface area (Å²) in [6.45, 7) is 1.86. The molecule has 11 heteroatoms. The monoisotopic (exact) mass is 473 g/mol. The Morgan fingerprint density at radius 3 is 2.44 bits per heavy atom. The van der Waals surface area contributed by atoms with Crippen LogP contribution in [0.5, 0.6) is 11.5 Å². The SMILES string of the molecule is Cc1cc2c(cc1Oc1c(Cl)cc(-n3nc(N)c(=O)[nH]c3=O)cc1Cl)C1(CCC1)C(=O)N2. The molecule has 9 nitrogen and oxygen atoms in total. The Balaban J connectivity index is 1.54. The molecular formula is C21H17Cl2N5O4. The fourth-order valence-electron chi connectivity index (χ4n) is 4.15. The molecule has 1 spiro atoms. The van der Waals surface area contributed by atoms with Gasteiger partial charge in [-0.2, -0.15) is 4.68 Å². The molecule has 0 bridgehead atoms. The summed E-state index contributed by atoms with van der Waals surface area (Å²) < 4.78 is 6.95. The maximum atomic E-state index is 12.5. The quantitative estimate of drug-likeness (QED) is 0.534. The normalized spacial score (nSPS) is 15.9. The van der Waals surface area contributed by atoms with E-state index in [2.05, 4.69) is 15.4 Å². The number of nitrogens with two attached hydrogens (primary N) is 1. The smallest absolute Gasteiger partial charge is 0.349 e. The lowest BCUT2D eigenvalue weighted by Gasteiger charge is -2.36. The fraction of sp³-hybridized carbons (Fsp3) is 0.238. The van der Waals surface area contributed by atoms with Gasteiger partial charge in [0.15, 0.2) is 5.75 Å². The van der Waals surface area contributed by atoms with Gasteiger partial charge in [0.2, 0.25) is 11.7 Å². The minimum absolute atomic E-state index is 0.0221. The largest absolute Gasteiger partial charge is 0.454 e. The lowest BCUT2D eigenvalue weighted by molar-refractivity contribution is -0.123. The number of H-pyrrole nitrogens is 1. The number of ether oxygens (including phenoxy) is 1. The van der Waals surface area contributed by atoms with Crippen LogP contribution in [0.3, 0.4) is 0 Å². The van der Waals surface area contributed by atoms with Crippen molar-refractivity contribution in [2.75, 3.05) is 11.1 Å². The molecule has 1 saturated carbocycles. The number of aryl methyl sites for hydroxylation is 1. The number of fused-ring (bicyclic) bond motifs is 2. The number of nitrogens with one attached hydrogen (secondary N) is 2. The zero-order valence-electron chi connectivity index (χ0n) is 16.8. The third kappa shape index (κ3) is 3.00. The minimum atomic E-state index is -0.789. The Hall–Kier alpha value is -3.30. The highest BCUT2D eigenvalue weighted by atomic mass is 35.5. The standard InChI is InChI=1S/C21H17Cl2N5O4/c1-9-5-14-11(21(3-2-4-21)19(30)25-14)8-15(9)32-16-12(22)6-10(7-13(16)23)28-20(31)26-18(29)17(24)27-28/h5-8H,2-4H2,1H3,(H2,24,27)(H,25,30)(H,26,29,31). The predicted octanol–water partition coefficient (Wildman–Crippen LogP) is 3.28. The summed E-state index contributed by atoms with van der Waals surface area (Å²) in [5, 5.41) is 6.98. The van der Waals surface area contributed by atoms with Gasteiger partial charge in [-0.25, -0.2) is 4.79 Å². The summed E-state index contributed by atoms with van der Waals surface area (Å²) >= 11 is 12.8. The van der Waals surface area contributed by atoms with E-state index in [1.54, 1.807) is 0 Å². The van der Waals surface area contributed by atoms with Crippen LogP contribution in [0.4, 0.5) is 11.5 Å². The van der Waals surface area contributed by atoms with Crippen molar-refractivity contribution >= 4 is 40.6 Å². The van der Waals surface area contributed by atoms with E-state index < -0.39 is 16.7 Å². The lowest BCUT2D eigenvalue weighted by atomic mass is 9.65. The van der Waals surface area contributed by atoms with Crippen molar-refractivity contribution in [2.45, 2.75) is 31.6 Å². The number of nitrogen functional groups attached to an aromatic ring is 1. The molecule has 1 fully saturated rings.